The Morgan fingerprint density at radius 2 is 2.07 bits per heavy atom. The molecule has 0 spiro atoms. The molecule has 0 bridgehead atoms. The summed E-state index contributed by atoms with van der Waals surface area (Å²) in [6, 6.07) is 5.85. The Morgan fingerprint density at radius 3 is 2.73 bits per heavy atom. The maximum atomic E-state index is 12.6. The SMILES string of the molecule is O[C@@H]1CNCC[C@@H]1Oc1ccc(F)cc1. The molecule has 0 aromatic heterocycles. The van der Waals surface area contributed by atoms with E-state index in [0.717, 1.165) is 13.0 Å². The van der Waals surface area contributed by atoms with Crippen LogP contribution in [-0.4, -0.2) is 30.4 Å². The van der Waals surface area contributed by atoms with E-state index in [-0.39, 0.29) is 11.9 Å². The number of hydrogen-bond acceptors (Lipinski definition) is 3. The highest BCUT2D eigenvalue weighted by molar-refractivity contribution is 5.22. The van der Waals surface area contributed by atoms with Gasteiger partial charge in [0.05, 0.1) is 0 Å². The zero-order chi connectivity index (χ0) is 10.7. The van der Waals surface area contributed by atoms with Crippen LogP contribution in [0.3, 0.4) is 0 Å². The standard InChI is InChI=1S/C11H14FNO2/c12-8-1-3-9(4-2-8)15-11-5-6-13-7-10(11)14/h1-4,10-11,13-14H,5-7H2/t10-,11+/m1/s1. The van der Waals surface area contributed by atoms with Crippen molar-refractivity contribution in [3.05, 3.63) is 30.1 Å². The lowest BCUT2D eigenvalue weighted by Gasteiger charge is -2.28. The zero-order valence-corrected chi connectivity index (χ0v) is 8.32. The van der Waals surface area contributed by atoms with Crippen molar-refractivity contribution in [2.24, 2.45) is 0 Å². The summed E-state index contributed by atoms with van der Waals surface area (Å²) < 4.78 is 18.2. The number of halogens is 1. The van der Waals surface area contributed by atoms with Crippen LogP contribution < -0.4 is 10.1 Å². The molecule has 0 aliphatic carbocycles. The smallest absolute Gasteiger partial charge is 0.127 e. The molecule has 1 aliphatic rings. The molecule has 1 saturated heterocycles. The number of rotatable bonds is 2. The summed E-state index contributed by atoms with van der Waals surface area (Å²) in [5.74, 6) is 0.315. The minimum Gasteiger partial charge on any atom is -0.488 e. The average Bonchev–Trinajstić information content (AvgIpc) is 2.25. The van der Waals surface area contributed by atoms with Crippen molar-refractivity contribution in [2.75, 3.05) is 13.1 Å². The minimum absolute atomic E-state index is 0.197. The molecule has 0 amide bonds. The Bertz CT molecular complexity index is 315. The molecule has 15 heavy (non-hydrogen) atoms. The second-order valence-corrected chi connectivity index (χ2v) is 3.67. The Hall–Kier alpha value is -1.13. The van der Waals surface area contributed by atoms with Crippen molar-refractivity contribution < 1.29 is 14.2 Å². The van der Waals surface area contributed by atoms with Crippen molar-refractivity contribution >= 4 is 0 Å². The first-order valence-corrected chi connectivity index (χ1v) is 5.07. The normalized spacial score (nSPS) is 26.3. The molecule has 1 aromatic carbocycles. The highest BCUT2D eigenvalue weighted by Gasteiger charge is 2.24. The first kappa shape index (κ1) is 10.4. The van der Waals surface area contributed by atoms with Gasteiger partial charge in [0.1, 0.15) is 23.8 Å². The summed E-state index contributed by atoms with van der Waals surface area (Å²) in [4.78, 5) is 0. The second kappa shape index (κ2) is 4.59. The third kappa shape index (κ3) is 2.67. The Kier molecular flexibility index (Phi) is 3.18. The lowest BCUT2D eigenvalue weighted by atomic mass is 10.1. The summed E-state index contributed by atoms with van der Waals surface area (Å²) in [7, 11) is 0. The van der Waals surface area contributed by atoms with Crippen molar-refractivity contribution in [1.29, 1.82) is 0 Å². The number of piperidine rings is 1. The Balaban J connectivity index is 1.98. The first-order chi connectivity index (χ1) is 7.25. The van der Waals surface area contributed by atoms with Gasteiger partial charge in [0.25, 0.3) is 0 Å². The highest BCUT2D eigenvalue weighted by atomic mass is 19.1. The van der Waals surface area contributed by atoms with E-state index in [1.807, 2.05) is 0 Å². The monoisotopic (exact) mass is 211 g/mol. The van der Waals surface area contributed by atoms with Gasteiger partial charge >= 0.3 is 0 Å². The molecule has 0 saturated carbocycles. The molecule has 4 heteroatoms. The molecule has 1 aliphatic heterocycles. The summed E-state index contributed by atoms with van der Waals surface area (Å²) in [6.45, 7) is 1.38. The van der Waals surface area contributed by atoms with Gasteiger partial charge in [-0.15, -0.1) is 0 Å². The highest BCUT2D eigenvalue weighted by Crippen LogP contribution is 2.17. The fraction of sp³-hybridized carbons (Fsp3) is 0.455. The third-order valence-electron chi connectivity index (χ3n) is 2.49. The fourth-order valence-corrected chi connectivity index (χ4v) is 1.64. The number of hydrogen-bond donors (Lipinski definition) is 2. The molecule has 1 fully saturated rings. The number of ether oxygens (including phenoxy) is 1. The van der Waals surface area contributed by atoms with Crippen molar-refractivity contribution in [3.8, 4) is 5.75 Å². The molecular formula is C11H14FNO2. The van der Waals surface area contributed by atoms with Crippen LogP contribution in [0.15, 0.2) is 24.3 Å². The van der Waals surface area contributed by atoms with E-state index in [1.54, 1.807) is 12.1 Å². The Labute approximate surface area is 87.9 Å². The number of aliphatic hydroxyl groups is 1. The van der Waals surface area contributed by atoms with Crippen LogP contribution in [0.1, 0.15) is 6.42 Å². The van der Waals surface area contributed by atoms with E-state index >= 15 is 0 Å². The molecule has 1 aromatic rings. The molecule has 1 heterocycles. The quantitative estimate of drug-likeness (QED) is 0.764. The van der Waals surface area contributed by atoms with E-state index in [0.29, 0.717) is 12.3 Å². The van der Waals surface area contributed by atoms with Gasteiger partial charge < -0.3 is 15.2 Å². The summed E-state index contributed by atoms with van der Waals surface area (Å²) >= 11 is 0. The van der Waals surface area contributed by atoms with E-state index in [1.165, 1.54) is 12.1 Å². The van der Waals surface area contributed by atoms with Gasteiger partial charge in [-0.1, -0.05) is 0 Å². The summed E-state index contributed by atoms with van der Waals surface area (Å²) in [5, 5.41) is 12.7. The van der Waals surface area contributed by atoms with E-state index in [4.69, 9.17) is 4.74 Å². The number of benzene rings is 1. The predicted octanol–water partition coefficient (Wildman–Crippen LogP) is 0.927. The molecule has 0 unspecified atom stereocenters. The van der Waals surface area contributed by atoms with Crippen LogP contribution in [0.25, 0.3) is 0 Å². The molecule has 82 valence electrons. The van der Waals surface area contributed by atoms with Crippen LogP contribution in [0.4, 0.5) is 4.39 Å². The van der Waals surface area contributed by atoms with Crippen LogP contribution in [0, 0.1) is 5.82 Å². The average molecular weight is 211 g/mol. The second-order valence-electron chi connectivity index (χ2n) is 3.67. The van der Waals surface area contributed by atoms with Gasteiger partial charge in [0, 0.05) is 6.54 Å². The van der Waals surface area contributed by atoms with Crippen LogP contribution >= 0.6 is 0 Å². The predicted molar refractivity (Wildman–Crippen MR) is 54.3 cm³/mol. The van der Waals surface area contributed by atoms with Gasteiger partial charge in [-0.3, -0.25) is 0 Å². The molecule has 2 rings (SSSR count). The maximum absolute atomic E-state index is 12.6. The topological polar surface area (TPSA) is 41.5 Å². The number of nitrogens with one attached hydrogen (secondary N) is 1. The van der Waals surface area contributed by atoms with Gasteiger partial charge in [-0.2, -0.15) is 0 Å². The largest absolute Gasteiger partial charge is 0.488 e. The van der Waals surface area contributed by atoms with Crippen molar-refractivity contribution in [3.63, 3.8) is 0 Å². The van der Waals surface area contributed by atoms with E-state index < -0.39 is 6.10 Å². The van der Waals surface area contributed by atoms with Gasteiger partial charge in [-0.25, -0.2) is 4.39 Å². The minimum atomic E-state index is -0.496. The fourth-order valence-electron chi connectivity index (χ4n) is 1.64. The lowest BCUT2D eigenvalue weighted by Crippen LogP contribution is -2.46. The van der Waals surface area contributed by atoms with Crippen LogP contribution in [0.2, 0.25) is 0 Å². The first-order valence-electron chi connectivity index (χ1n) is 5.07. The summed E-state index contributed by atoms with van der Waals surface area (Å²) in [5.41, 5.74) is 0. The van der Waals surface area contributed by atoms with E-state index in [2.05, 4.69) is 5.32 Å². The number of aliphatic hydroxyl groups excluding tert-OH is 1. The lowest BCUT2D eigenvalue weighted by molar-refractivity contribution is 0.0162. The molecular weight excluding hydrogens is 197 g/mol. The van der Waals surface area contributed by atoms with Crippen molar-refractivity contribution in [1.82, 2.24) is 5.32 Å². The zero-order valence-electron chi connectivity index (χ0n) is 8.32. The molecule has 2 N–H and O–H groups in total. The third-order valence-corrected chi connectivity index (χ3v) is 2.49. The van der Waals surface area contributed by atoms with Gasteiger partial charge in [0.15, 0.2) is 0 Å². The Morgan fingerprint density at radius 1 is 1.33 bits per heavy atom. The van der Waals surface area contributed by atoms with Crippen LogP contribution in [0.5, 0.6) is 5.75 Å². The molecule has 0 radical (unpaired) electrons. The maximum Gasteiger partial charge on any atom is 0.127 e. The van der Waals surface area contributed by atoms with Gasteiger partial charge in [0.2, 0.25) is 0 Å². The van der Waals surface area contributed by atoms with Gasteiger partial charge in [-0.05, 0) is 37.2 Å². The molecule has 2 atom stereocenters. The van der Waals surface area contributed by atoms with Crippen LogP contribution in [-0.2, 0) is 0 Å². The number of β-amino-alcohol motifs (C(OH)–C–C–N with tert-alkyl or cyclic N) is 1. The van der Waals surface area contributed by atoms with E-state index in [9.17, 15) is 9.50 Å². The summed E-state index contributed by atoms with van der Waals surface area (Å²) in [6.07, 6.45) is 0.0685. The van der Waals surface area contributed by atoms with Crippen molar-refractivity contribution in [2.45, 2.75) is 18.6 Å². The molecule has 3 nitrogen and oxygen atoms in total.